The van der Waals surface area contributed by atoms with Crippen molar-refractivity contribution >= 4 is 17.7 Å². The predicted molar refractivity (Wildman–Crippen MR) is 86.3 cm³/mol. The van der Waals surface area contributed by atoms with Gasteiger partial charge in [0.1, 0.15) is 17.3 Å². The summed E-state index contributed by atoms with van der Waals surface area (Å²) >= 11 is 0. The minimum Gasteiger partial charge on any atom is -0.423 e. The number of hydrogen-bond donors (Lipinski definition) is 0. The molecule has 0 aliphatic rings. The Morgan fingerprint density at radius 1 is 0.870 bits per heavy atom. The van der Waals surface area contributed by atoms with Crippen molar-refractivity contribution in [3.8, 4) is 11.5 Å². The van der Waals surface area contributed by atoms with Crippen LogP contribution in [0.1, 0.15) is 32.8 Å². The summed E-state index contributed by atoms with van der Waals surface area (Å²) in [5, 5.41) is 0. The standard InChI is InChI=1S/C18H20O5/c1-11(2)17(20)22-15-8-14(7-6-13(5)19)9-16(10-15)23-18(21)12(3)4/h8-10H,1,3,6-7H2,2,4-5H3. The first-order valence-electron chi connectivity index (χ1n) is 7.08. The van der Waals surface area contributed by atoms with Crippen molar-refractivity contribution in [2.75, 3.05) is 0 Å². The predicted octanol–water partition coefficient (Wildman–Crippen LogP) is 3.17. The highest BCUT2D eigenvalue weighted by Gasteiger charge is 2.12. The van der Waals surface area contributed by atoms with Gasteiger partial charge >= 0.3 is 11.9 Å². The summed E-state index contributed by atoms with van der Waals surface area (Å²) in [6.07, 6.45) is 0.789. The molecule has 0 heterocycles. The van der Waals surface area contributed by atoms with Crippen LogP contribution in [0.5, 0.6) is 11.5 Å². The molecule has 0 N–H and O–H groups in total. The minimum atomic E-state index is -0.578. The molecule has 0 aliphatic heterocycles. The van der Waals surface area contributed by atoms with E-state index in [0.29, 0.717) is 12.8 Å². The SMILES string of the molecule is C=C(C)C(=O)Oc1cc(CCC(C)=O)cc(OC(=O)C(=C)C)c1. The quantitative estimate of drug-likeness (QED) is 0.439. The van der Waals surface area contributed by atoms with Crippen LogP contribution in [0.4, 0.5) is 0 Å². The first-order chi connectivity index (χ1) is 10.7. The van der Waals surface area contributed by atoms with Gasteiger partial charge in [0, 0.05) is 23.6 Å². The maximum Gasteiger partial charge on any atom is 0.338 e. The highest BCUT2D eigenvalue weighted by atomic mass is 16.5. The summed E-state index contributed by atoms with van der Waals surface area (Å²) in [5.74, 6) is -0.668. The third-order valence-corrected chi connectivity index (χ3v) is 2.82. The second-order valence-electron chi connectivity index (χ2n) is 5.35. The molecule has 1 rings (SSSR count). The molecule has 0 bridgehead atoms. The first-order valence-corrected chi connectivity index (χ1v) is 7.08. The van der Waals surface area contributed by atoms with Gasteiger partial charge in [-0.3, -0.25) is 0 Å². The van der Waals surface area contributed by atoms with Crippen LogP contribution in [0.2, 0.25) is 0 Å². The van der Waals surface area contributed by atoms with Crippen LogP contribution in [0.15, 0.2) is 42.5 Å². The maximum absolute atomic E-state index is 11.6. The smallest absolute Gasteiger partial charge is 0.338 e. The molecule has 0 saturated carbocycles. The second-order valence-corrected chi connectivity index (χ2v) is 5.35. The first kappa shape index (κ1) is 18.4. The zero-order valence-corrected chi connectivity index (χ0v) is 13.6. The molecule has 5 heteroatoms. The van der Waals surface area contributed by atoms with E-state index < -0.39 is 11.9 Å². The zero-order valence-electron chi connectivity index (χ0n) is 13.6. The highest BCUT2D eigenvalue weighted by Crippen LogP contribution is 2.25. The van der Waals surface area contributed by atoms with Crippen LogP contribution < -0.4 is 9.47 Å². The van der Waals surface area contributed by atoms with Crippen LogP contribution >= 0.6 is 0 Å². The Bertz CT molecular complexity index is 624. The Morgan fingerprint density at radius 3 is 1.65 bits per heavy atom. The van der Waals surface area contributed by atoms with Crippen LogP contribution in [-0.4, -0.2) is 17.7 Å². The van der Waals surface area contributed by atoms with Gasteiger partial charge in [0.15, 0.2) is 0 Å². The summed E-state index contributed by atoms with van der Waals surface area (Å²) in [7, 11) is 0. The monoisotopic (exact) mass is 316 g/mol. The Kier molecular flexibility index (Phi) is 6.45. The number of ketones is 1. The molecule has 0 unspecified atom stereocenters. The number of carbonyl (C=O) groups is 3. The summed E-state index contributed by atoms with van der Waals surface area (Å²) in [6.45, 7) is 11.6. The molecule has 122 valence electrons. The van der Waals surface area contributed by atoms with Gasteiger partial charge in [-0.2, -0.15) is 0 Å². The second kappa shape index (κ2) is 8.08. The van der Waals surface area contributed by atoms with E-state index in [0.717, 1.165) is 5.56 Å². The number of aryl methyl sites for hydroxylation is 1. The molecule has 0 radical (unpaired) electrons. The number of ether oxygens (including phenoxy) is 2. The number of hydrogen-bond acceptors (Lipinski definition) is 5. The lowest BCUT2D eigenvalue weighted by atomic mass is 10.1. The Morgan fingerprint density at radius 2 is 1.30 bits per heavy atom. The van der Waals surface area contributed by atoms with Crippen molar-refractivity contribution in [3.63, 3.8) is 0 Å². The molecule has 0 spiro atoms. The third-order valence-electron chi connectivity index (χ3n) is 2.82. The average molecular weight is 316 g/mol. The molecule has 0 fully saturated rings. The van der Waals surface area contributed by atoms with Gasteiger partial charge in [0.2, 0.25) is 0 Å². The Balaban J connectivity index is 3.07. The number of carbonyl (C=O) groups excluding carboxylic acids is 3. The van der Waals surface area contributed by atoms with Crippen molar-refractivity contribution in [1.82, 2.24) is 0 Å². The normalized spacial score (nSPS) is 9.87. The fourth-order valence-corrected chi connectivity index (χ4v) is 1.60. The molecule has 1 aromatic rings. The molecule has 0 aliphatic carbocycles. The van der Waals surface area contributed by atoms with Crippen molar-refractivity contribution in [1.29, 1.82) is 0 Å². The van der Waals surface area contributed by atoms with Gasteiger partial charge in [-0.25, -0.2) is 9.59 Å². The molecule has 1 aromatic carbocycles. The van der Waals surface area contributed by atoms with E-state index in [1.54, 1.807) is 12.1 Å². The molecule has 0 saturated heterocycles. The van der Waals surface area contributed by atoms with E-state index in [1.807, 2.05) is 0 Å². The number of benzene rings is 1. The van der Waals surface area contributed by atoms with Crippen molar-refractivity contribution in [2.24, 2.45) is 0 Å². The molecule has 23 heavy (non-hydrogen) atoms. The summed E-state index contributed by atoms with van der Waals surface area (Å²) < 4.78 is 10.3. The fraction of sp³-hybridized carbons (Fsp3) is 0.278. The van der Waals surface area contributed by atoms with Crippen LogP contribution in [-0.2, 0) is 20.8 Å². The third kappa shape index (κ3) is 6.30. The lowest BCUT2D eigenvalue weighted by Crippen LogP contribution is -2.11. The molecule has 5 nitrogen and oxygen atoms in total. The molecule has 0 amide bonds. The molecule has 0 atom stereocenters. The van der Waals surface area contributed by atoms with E-state index in [9.17, 15) is 14.4 Å². The van der Waals surface area contributed by atoms with Crippen LogP contribution in [0.25, 0.3) is 0 Å². The van der Waals surface area contributed by atoms with Gasteiger partial charge in [0.05, 0.1) is 0 Å². The summed E-state index contributed by atoms with van der Waals surface area (Å²) in [4.78, 5) is 34.4. The van der Waals surface area contributed by atoms with E-state index in [2.05, 4.69) is 13.2 Å². The molecular formula is C18H20O5. The number of rotatable bonds is 7. The highest BCUT2D eigenvalue weighted by molar-refractivity contribution is 5.90. The molecule has 0 aromatic heterocycles. The topological polar surface area (TPSA) is 69.7 Å². The zero-order chi connectivity index (χ0) is 17.6. The lowest BCUT2D eigenvalue weighted by molar-refractivity contribution is -0.130. The Labute approximate surface area is 135 Å². The summed E-state index contributed by atoms with van der Waals surface area (Å²) in [5.41, 5.74) is 1.22. The number of Topliss-reactive ketones (excluding diaryl/α,β-unsaturated/α-hetero) is 1. The van der Waals surface area contributed by atoms with Gasteiger partial charge in [0.25, 0.3) is 0 Å². The molecular weight excluding hydrogens is 296 g/mol. The van der Waals surface area contributed by atoms with E-state index in [-0.39, 0.29) is 28.4 Å². The number of esters is 2. The largest absolute Gasteiger partial charge is 0.423 e. The Hall–Kier alpha value is -2.69. The summed E-state index contributed by atoms with van der Waals surface area (Å²) in [6, 6.07) is 4.68. The van der Waals surface area contributed by atoms with Gasteiger partial charge in [-0.1, -0.05) is 13.2 Å². The van der Waals surface area contributed by atoms with Crippen LogP contribution in [0, 0.1) is 0 Å². The maximum atomic E-state index is 11.6. The van der Waals surface area contributed by atoms with Crippen molar-refractivity contribution < 1.29 is 23.9 Å². The van der Waals surface area contributed by atoms with Gasteiger partial charge < -0.3 is 14.3 Å². The van der Waals surface area contributed by atoms with E-state index in [4.69, 9.17) is 9.47 Å². The van der Waals surface area contributed by atoms with Gasteiger partial charge in [-0.05, 0) is 44.9 Å². The average Bonchev–Trinajstić information content (AvgIpc) is 2.44. The minimum absolute atomic E-state index is 0.0369. The van der Waals surface area contributed by atoms with Gasteiger partial charge in [-0.15, -0.1) is 0 Å². The van der Waals surface area contributed by atoms with Crippen molar-refractivity contribution in [2.45, 2.75) is 33.6 Å². The van der Waals surface area contributed by atoms with E-state index >= 15 is 0 Å². The fourth-order valence-electron chi connectivity index (χ4n) is 1.60. The van der Waals surface area contributed by atoms with Crippen molar-refractivity contribution in [3.05, 3.63) is 48.1 Å². The van der Waals surface area contributed by atoms with Crippen LogP contribution in [0.3, 0.4) is 0 Å². The van der Waals surface area contributed by atoms with E-state index in [1.165, 1.54) is 26.8 Å². The lowest BCUT2D eigenvalue weighted by Gasteiger charge is -2.10.